The van der Waals surface area contributed by atoms with E-state index in [0.717, 1.165) is 11.5 Å². The van der Waals surface area contributed by atoms with Gasteiger partial charge in [-0.15, -0.1) is 0 Å². The van der Waals surface area contributed by atoms with Gasteiger partial charge in [-0.1, -0.05) is 19.1 Å². The number of aliphatic imine (C=N–C) groups is 1. The van der Waals surface area contributed by atoms with Crippen molar-refractivity contribution >= 4 is 6.21 Å². The SMILES string of the molecule is CC1C=CC2=C(C=C1)OCC=N2. The summed E-state index contributed by atoms with van der Waals surface area (Å²) in [6.07, 6.45) is 10.0. The molecule has 0 spiro atoms. The lowest BCUT2D eigenvalue weighted by molar-refractivity contribution is 0.268. The predicted octanol–water partition coefficient (Wildman–Crippen LogP) is 2.06. The molecule has 2 rings (SSSR count). The summed E-state index contributed by atoms with van der Waals surface area (Å²) in [5.41, 5.74) is 0.932. The van der Waals surface area contributed by atoms with Gasteiger partial charge in [0.05, 0.1) is 0 Å². The second kappa shape index (κ2) is 2.97. The molecule has 1 aliphatic heterocycles. The molecule has 1 unspecified atom stereocenters. The van der Waals surface area contributed by atoms with Crippen molar-refractivity contribution in [1.29, 1.82) is 0 Å². The van der Waals surface area contributed by atoms with Crippen LogP contribution >= 0.6 is 0 Å². The molecule has 12 heavy (non-hydrogen) atoms. The van der Waals surface area contributed by atoms with E-state index >= 15 is 0 Å². The van der Waals surface area contributed by atoms with Gasteiger partial charge in [-0.05, 0) is 18.1 Å². The average Bonchev–Trinajstić information content (AvgIpc) is 2.29. The molecule has 0 aromatic heterocycles. The Labute approximate surface area is 72.0 Å². The molecular weight excluding hydrogens is 150 g/mol. The van der Waals surface area contributed by atoms with Gasteiger partial charge in [0, 0.05) is 6.21 Å². The predicted molar refractivity (Wildman–Crippen MR) is 48.9 cm³/mol. The molecule has 0 fully saturated rings. The molecule has 0 aromatic rings. The number of rotatable bonds is 0. The highest BCUT2D eigenvalue weighted by atomic mass is 16.5. The zero-order chi connectivity index (χ0) is 8.39. The number of allylic oxidation sites excluding steroid dienone is 4. The third-order valence-corrected chi connectivity index (χ3v) is 1.91. The fourth-order valence-corrected chi connectivity index (χ4v) is 1.21. The van der Waals surface area contributed by atoms with E-state index in [0.29, 0.717) is 12.5 Å². The molecule has 1 heterocycles. The lowest BCUT2D eigenvalue weighted by Crippen LogP contribution is -2.01. The maximum Gasteiger partial charge on any atom is 0.145 e. The van der Waals surface area contributed by atoms with E-state index in [4.69, 9.17) is 4.74 Å². The van der Waals surface area contributed by atoms with Gasteiger partial charge in [0.2, 0.25) is 0 Å². The standard InChI is InChI=1S/C10H11NO/c1-8-2-4-9-10(5-3-8)12-7-6-11-9/h2-6,8H,7H2,1H3. The minimum absolute atomic E-state index is 0.467. The molecule has 1 atom stereocenters. The van der Waals surface area contributed by atoms with Gasteiger partial charge in [0.1, 0.15) is 18.1 Å². The van der Waals surface area contributed by atoms with Gasteiger partial charge in [-0.25, -0.2) is 0 Å². The highest BCUT2D eigenvalue weighted by molar-refractivity contribution is 5.63. The van der Waals surface area contributed by atoms with Crippen LogP contribution in [0.3, 0.4) is 0 Å². The van der Waals surface area contributed by atoms with Crippen molar-refractivity contribution in [2.24, 2.45) is 10.9 Å². The summed E-state index contributed by atoms with van der Waals surface area (Å²) >= 11 is 0. The van der Waals surface area contributed by atoms with E-state index in [-0.39, 0.29) is 0 Å². The Morgan fingerprint density at radius 3 is 3.17 bits per heavy atom. The van der Waals surface area contributed by atoms with Crippen LogP contribution in [0.2, 0.25) is 0 Å². The Kier molecular flexibility index (Phi) is 1.82. The Bertz CT molecular complexity index is 297. The molecule has 0 bridgehead atoms. The topological polar surface area (TPSA) is 21.6 Å². The van der Waals surface area contributed by atoms with E-state index in [9.17, 15) is 0 Å². The molecule has 62 valence electrons. The smallest absolute Gasteiger partial charge is 0.145 e. The van der Waals surface area contributed by atoms with Gasteiger partial charge in [-0.2, -0.15) is 0 Å². The summed E-state index contributed by atoms with van der Waals surface area (Å²) in [6, 6.07) is 0. The van der Waals surface area contributed by atoms with Crippen molar-refractivity contribution in [3.05, 3.63) is 35.8 Å². The van der Waals surface area contributed by atoms with Crippen LogP contribution in [-0.2, 0) is 4.74 Å². The highest BCUT2D eigenvalue weighted by Gasteiger charge is 2.08. The lowest BCUT2D eigenvalue weighted by atomic mass is 10.2. The minimum Gasteiger partial charge on any atom is -0.486 e. The van der Waals surface area contributed by atoms with Crippen molar-refractivity contribution in [3.63, 3.8) is 0 Å². The Morgan fingerprint density at radius 1 is 1.42 bits per heavy atom. The molecule has 0 radical (unpaired) electrons. The zero-order valence-corrected chi connectivity index (χ0v) is 7.03. The molecule has 1 aliphatic carbocycles. The number of hydrogen-bond acceptors (Lipinski definition) is 2. The van der Waals surface area contributed by atoms with Crippen molar-refractivity contribution in [1.82, 2.24) is 0 Å². The molecular formula is C10H11NO. The molecule has 0 saturated heterocycles. The van der Waals surface area contributed by atoms with E-state index in [1.165, 1.54) is 0 Å². The van der Waals surface area contributed by atoms with Crippen molar-refractivity contribution < 1.29 is 4.74 Å². The first-order valence-corrected chi connectivity index (χ1v) is 4.12. The monoisotopic (exact) mass is 161 g/mol. The van der Waals surface area contributed by atoms with Crippen LogP contribution in [-0.4, -0.2) is 12.8 Å². The molecule has 0 N–H and O–H groups in total. The van der Waals surface area contributed by atoms with Crippen LogP contribution in [0.15, 0.2) is 40.8 Å². The van der Waals surface area contributed by atoms with Gasteiger partial charge < -0.3 is 4.74 Å². The van der Waals surface area contributed by atoms with Crippen LogP contribution in [0.5, 0.6) is 0 Å². The molecule has 0 aromatic carbocycles. The maximum atomic E-state index is 5.40. The fourth-order valence-electron chi connectivity index (χ4n) is 1.21. The third kappa shape index (κ3) is 1.33. The second-order valence-corrected chi connectivity index (χ2v) is 2.95. The summed E-state index contributed by atoms with van der Waals surface area (Å²) in [6.45, 7) is 2.72. The summed E-state index contributed by atoms with van der Waals surface area (Å²) in [5, 5.41) is 0. The highest BCUT2D eigenvalue weighted by Crippen LogP contribution is 2.19. The van der Waals surface area contributed by atoms with Crippen LogP contribution in [0.4, 0.5) is 0 Å². The largest absolute Gasteiger partial charge is 0.486 e. The molecule has 0 amide bonds. The van der Waals surface area contributed by atoms with Crippen molar-refractivity contribution in [2.75, 3.05) is 6.61 Å². The van der Waals surface area contributed by atoms with Crippen molar-refractivity contribution in [2.45, 2.75) is 6.92 Å². The summed E-state index contributed by atoms with van der Waals surface area (Å²) < 4.78 is 5.40. The minimum atomic E-state index is 0.467. The number of nitrogens with zero attached hydrogens (tertiary/aromatic N) is 1. The van der Waals surface area contributed by atoms with Crippen LogP contribution in [0, 0.1) is 5.92 Å². The van der Waals surface area contributed by atoms with Gasteiger partial charge >= 0.3 is 0 Å². The first-order chi connectivity index (χ1) is 5.86. The Hall–Kier alpha value is -1.31. The molecule has 0 saturated carbocycles. The average molecular weight is 161 g/mol. The summed E-state index contributed by atoms with van der Waals surface area (Å²) in [5.74, 6) is 1.35. The van der Waals surface area contributed by atoms with E-state index in [1.54, 1.807) is 6.21 Å². The van der Waals surface area contributed by atoms with E-state index in [1.807, 2.05) is 12.2 Å². The van der Waals surface area contributed by atoms with Gasteiger partial charge in [-0.3, -0.25) is 4.99 Å². The van der Waals surface area contributed by atoms with E-state index < -0.39 is 0 Å². The Morgan fingerprint density at radius 2 is 2.25 bits per heavy atom. The first kappa shape index (κ1) is 7.35. The number of ether oxygens (including phenoxy) is 1. The molecule has 2 aliphatic rings. The lowest BCUT2D eigenvalue weighted by Gasteiger charge is -2.09. The third-order valence-electron chi connectivity index (χ3n) is 1.91. The Balaban J connectivity index is 2.36. The normalized spacial score (nSPS) is 26.6. The molecule has 2 nitrogen and oxygen atoms in total. The van der Waals surface area contributed by atoms with E-state index in [2.05, 4.69) is 24.1 Å². The quantitative estimate of drug-likeness (QED) is 0.533. The second-order valence-electron chi connectivity index (χ2n) is 2.95. The maximum absolute atomic E-state index is 5.40. The zero-order valence-electron chi connectivity index (χ0n) is 7.03. The van der Waals surface area contributed by atoms with Crippen LogP contribution < -0.4 is 0 Å². The van der Waals surface area contributed by atoms with Gasteiger partial charge in [0.15, 0.2) is 0 Å². The van der Waals surface area contributed by atoms with Crippen LogP contribution in [0.1, 0.15) is 6.92 Å². The van der Waals surface area contributed by atoms with Crippen molar-refractivity contribution in [3.8, 4) is 0 Å². The fraction of sp³-hybridized carbons (Fsp3) is 0.300. The summed E-state index contributed by atoms with van der Waals surface area (Å²) in [7, 11) is 0. The van der Waals surface area contributed by atoms with Gasteiger partial charge in [0.25, 0.3) is 0 Å². The first-order valence-electron chi connectivity index (χ1n) is 4.12. The van der Waals surface area contributed by atoms with Crippen LogP contribution in [0.25, 0.3) is 0 Å². The molecule has 2 heteroatoms. The number of hydrogen-bond donors (Lipinski definition) is 0. The summed E-state index contributed by atoms with van der Waals surface area (Å²) in [4.78, 5) is 4.24.